The number of hydrogen-bond donors (Lipinski definition) is 3. The van der Waals surface area contributed by atoms with Crippen molar-refractivity contribution in [3.8, 4) is 6.07 Å². The van der Waals surface area contributed by atoms with Crippen LogP contribution in [0.5, 0.6) is 0 Å². The molecule has 4 atom stereocenters. The highest BCUT2D eigenvalue weighted by atomic mass is 16.6. The third-order valence-corrected chi connectivity index (χ3v) is 3.67. The molecule has 2 aromatic rings. The van der Waals surface area contributed by atoms with Crippen LogP contribution in [0.3, 0.4) is 0 Å². The van der Waals surface area contributed by atoms with Crippen LogP contribution in [-0.4, -0.2) is 61.8 Å². The number of fused-ring (bicyclic) bond motifs is 1. The number of imidazole rings is 1. The van der Waals surface area contributed by atoms with E-state index < -0.39 is 23.9 Å². The van der Waals surface area contributed by atoms with E-state index in [1.54, 1.807) is 0 Å². The van der Waals surface area contributed by atoms with Gasteiger partial charge in [-0.3, -0.25) is 0 Å². The van der Waals surface area contributed by atoms with Crippen molar-refractivity contribution in [2.75, 3.05) is 19.5 Å². The Morgan fingerprint density at radius 2 is 2.32 bits per heavy atom. The van der Waals surface area contributed by atoms with Gasteiger partial charge in [-0.1, -0.05) is 0 Å². The number of methoxy groups -OCH3 is 1. The number of nitrogens with two attached hydrogens (primary N) is 1. The van der Waals surface area contributed by atoms with Gasteiger partial charge in [0.1, 0.15) is 36.4 Å². The van der Waals surface area contributed by atoms with Crippen LogP contribution in [0.15, 0.2) is 12.5 Å². The highest BCUT2D eigenvalue weighted by Gasteiger charge is 2.57. The molecule has 2 aromatic heterocycles. The monoisotopic (exact) mass is 306 g/mol. The predicted molar refractivity (Wildman–Crippen MR) is 71.2 cm³/mol. The average Bonchev–Trinajstić information content (AvgIpc) is 3.05. The second-order valence-electron chi connectivity index (χ2n) is 4.92. The molecule has 0 bridgehead atoms. The molecule has 10 nitrogen and oxygen atoms in total. The normalized spacial score (nSPS) is 31.5. The van der Waals surface area contributed by atoms with Gasteiger partial charge in [0.2, 0.25) is 5.60 Å². The topological polar surface area (TPSA) is 152 Å². The van der Waals surface area contributed by atoms with E-state index in [0.717, 1.165) is 0 Å². The fraction of sp³-hybridized carbons (Fsp3) is 0.500. The summed E-state index contributed by atoms with van der Waals surface area (Å²) in [6.45, 7) is 0.0233. The van der Waals surface area contributed by atoms with Crippen molar-refractivity contribution in [2.24, 2.45) is 0 Å². The van der Waals surface area contributed by atoms with Gasteiger partial charge in [-0.05, 0) is 0 Å². The molecule has 116 valence electrons. The maximum Gasteiger partial charge on any atom is 0.227 e. The molecular formula is C12H14N6O4. The first-order valence-electron chi connectivity index (χ1n) is 6.44. The fourth-order valence-electron chi connectivity index (χ4n) is 2.57. The average molecular weight is 306 g/mol. The lowest BCUT2D eigenvalue weighted by Gasteiger charge is -2.23. The number of anilines is 1. The van der Waals surface area contributed by atoms with E-state index in [2.05, 4.69) is 15.1 Å². The summed E-state index contributed by atoms with van der Waals surface area (Å²) >= 11 is 0. The molecule has 4 N–H and O–H groups in total. The maximum atomic E-state index is 10.3. The van der Waals surface area contributed by atoms with E-state index in [0.29, 0.717) is 0 Å². The van der Waals surface area contributed by atoms with Crippen molar-refractivity contribution < 1.29 is 19.7 Å². The number of aliphatic hydroxyl groups is 2. The lowest BCUT2D eigenvalue weighted by Crippen LogP contribution is -2.41. The number of aromatic nitrogens is 4. The zero-order valence-electron chi connectivity index (χ0n) is 11.6. The highest BCUT2D eigenvalue weighted by Crippen LogP contribution is 2.39. The number of nitrogen functional groups attached to an aromatic ring is 1. The van der Waals surface area contributed by atoms with Crippen LogP contribution in [0, 0.1) is 11.3 Å². The molecule has 1 fully saturated rings. The van der Waals surface area contributed by atoms with E-state index in [9.17, 15) is 15.5 Å². The largest absolute Gasteiger partial charge is 0.387 e. The Bertz CT molecular complexity index is 743. The Balaban J connectivity index is 2.14. The molecule has 0 unspecified atom stereocenters. The molecule has 1 aliphatic heterocycles. The molecule has 3 rings (SSSR count). The molecule has 0 aliphatic carbocycles. The van der Waals surface area contributed by atoms with Crippen LogP contribution >= 0.6 is 0 Å². The zero-order chi connectivity index (χ0) is 15.9. The van der Waals surface area contributed by atoms with Crippen molar-refractivity contribution in [1.82, 2.24) is 19.6 Å². The summed E-state index contributed by atoms with van der Waals surface area (Å²) in [5.41, 5.74) is 4.26. The van der Waals surface area contributed by atoms with E-state index in [1.807, 2.05) is 6.07 Å². The third-order valence-electron chi connectivity index (χ3n) is 3.67. The van der Waals surface area contributed by atoms with Gasteiger partial charge in [-0.25, -0.2) is 14.5 Å². The summed E-state index contributed by atoms with van der Waals surface area (Å²) in [5.74, 6) is 0.121. The predicted octanol–water partition coefficient (Wildman–Crippen LogP) is -1.81. The third kappa shape index (κ3) is 1.84. The van der Waals surface area contributed by atoms with Crippen LogP contribution in [0.25, 0.3) is 5.65 Å². The van der Waals surface area contributed by atoms with Crippen molar-refractivity contribution in [3.63, 3.8) is 0 Å². The molecule has 1 aliphatic rings. The second kappa shape index (κ2) is 5.15. The van der Waals surface area contributed by atoms with Crippen LogP contribution in [0.4, 0.5) is 5.82 Å². The molecule has 0 spiro atoms. The molecule has 0 aromatic carbocycles. The van der Waals surface area contributed by atoms with Crippen molar-refractivity contribution >= 4 is 11.5 Å². The summed E-state index contributed by atoms with van der Waals surface area (Å²) in [6, 6.07) is 1.91. The number of ether oxygens (including phenoxy) is 2. The van der Waals surface area contributed by atoms with Crippen LogP contribution < -0.4 is 5.73 Å². The standard InChI is InChI=1S/C12H14N6O4/c1-21-3-6-8(19)9(20)12(4-13,22-6)7-2-15-11-10(14)16-5-17-18(7)11/h2,5-6,8-9,19-20H,3H2,1H3,(H2,14,16,17)/t6-,8-,9-,12+/m1/s1. The number of rotatable bonds is 3. The number of aliphatic hydroxyl groups excluding tert-OH is 2. The lowest BCUT2D eigenvalue weighted by molar-refractivity contribution is -0.0700. The molecule has 0 saturated carbocycles. The Morgan fingerprint density at radius 1 is 1.55 bits per heavy atom. The minimum atomic E-state index is -1.83. The van der Waals surface area contributed by atoms with E-state index in [-0.39, 0.29) is 23.8 Å². The van der Waals surface area contributed by atoms with Gasteiger partial charge in [-0.2, -0.15) is 10.4 Å². The van der Waals surface area contributed by atoms with Crippen molar-refractivity contribution in [1.29, 1.82) is 5.26 Å². The molecule has 0 amide bonds. The van der Waals surface area contributed by atoms with Gasteiger partial charge in [0, 0.05) is 7.11 Å². The van der Waals surface area contributed by atoms with Crippen LogP contribution in [0.1, 0.15) is 5.69 Å². The summed E-state index contributed by atoms with van der Waals surface area (Å²) in [7, 11) is 1.43. The smallest absolute Gasteiger partial charge is 0.227 e. The molecule has 10 heteroatoms. The first kappa shape index (κ1) is 14.6. The van der Waals surface area contributed by atoms with Gasteiger partial charge in [0.05, 0.1) is 12.8 Å². The second-order valence-corrected chi connectivity index (χ2v) is 4.92. The highest BCUT2D eigenvalue weighted by molar-refractivity contribution is 5.59. The Labute approximate surface area is 124 Å². The minimum Gasteiger partial charge on any atom is -0.387 e. The molecule has 1 saturated heterocycles. The first-order valence-corrected chi connectivity index (χ1v) is 6.44. The van der Waals surface area contributed by atoms with Crippen LogP contribution in [0.2, 0.25) is 0 Å². The van der Waals surface area contributed by atoms with E-state index in [1.165, 1.54) is 24.1 Å². The SMILES string of the molecule is COC[C@H]1O[C@@](C#N)(c2cnc3c(N)ncnn23)[C@H](O)[C@@H]1O. The Morgan fingerprint density at radius 3 is 3.00 bits per heavy atom. The molecule has 3 heterocycles. The maximum absolute atomic E-state index is 10.3. The Hall–Kier alpha value is -2.32. The van der Waals surface area contributed by atoms with Gasteiger partial charge < -0.3 is 25.4 Å². The number of hydrogen-bond acceptors (Lipinski definition) is 9. The Kier molecular flexibility index (Phi) is 3.42. The van der Waals surface area contributed by atoms with Gasteiger partial charge in [-0.15, -0.1) is 0 Å². The molecule has 22 heavy (non-hydrogen) atoms. The first-order chi connectivity index (χ1) is 10.5. The molecular weight excluding hydrogens is 292 g/mol. The van der Waals surface area contributed by atoms with Crippen molar-refractivity contribution in [3.05, 3.63) is 18.2 Å². The lowest BCUT2D eigenvalue weighted by atomic mass is 9.93. The van der Waals surface area contributed by atoms with Gasteiger partial charge >= 0.3 is 0 Å². The van der Waals surface area contributed by atoms with Gasteiger partial charge in [0.25, 0.3) is 0 Å². The quantitative estimate of drug-likeness (QED) is 0.595. The van der Waals surface area contributed by atoms with Gasteiger partial charge in [0.15, 0.2) is 11.5 Å². The summed E-state index contributed by atoms with van der Waals surface area (Å²) in [4.78, 5) is 7.85. The summed E-state index contributed by atoms with van der Waals surface area (Å²) in [6.07, 6.45) is -1.13. The zero-order valence-corrected chi connectivity index (χ0v) is 11.6. The number of nitrogens with zero attached hydrogens (tertiary/aromatic N) is 5. The summed E-state index contributed by atoms with van der Waals surface area (Å²) < 4.78 is 11.8. The van der Waals surface area contributed by atoms with Crippen LogP contribution in [-0.2, 0) is 15.1 Å². The van der Waals surface area contributed by atoms with E-state index in [4.69, 9.17) is 15.2 Å². The number of nitriles is 1. The minimum absolute atomic E-state index is 0.0233. The van der Waals surface area contributed by atoms with E-state index >= 15 is 0 Å². The fourth-order valence-corrected chi connectivity index (χ4v) is 2.57. The molecule has 0 radical (unpaired) electrons. The van der Waals surface area contributed by atoms with Crippen molar-refractivity contribution in [2.45, 2.75) is 23.9 Å². The summed E-state index contributed by atoms with van der Waals surface area (Å²) in [5, 5.41) is 34.0.